The molecule has 4 nitrogen and oxygen atoms in total. The summed E-state index contributed by atoms with van der Waals surface area (Å²) in [5, 5.41) is 0. The third-order valence-electron chi connectivity index (χ3n) is 3.13. The Morgan fingerprint density at radius 1 is 1.41 bits per heavy atom. The van der Waals surface area contributed by atoms with Crippen LogP contribution >= 0.6 is 0 Å². The number of aromatic nitrogens is 1. The van der Waals surface area contributed by atoms with E-state index in [1.165, 1.54) is 5.57 Å². The number of nitrogens with one attached hydrogen (secondary N) is 1. The lowest BCUT2D eigenvalue weighted by molar-refractivity contribution is 0.373. The summed E-state index contributed by atoms with van der Waals surface area (Å²) in [4.78, 5) is 16.2. The van der Waals surface area contributed by atoms with Crippen LogP contribution in [0.25, 0.3) is 16.7 Å². The monoisotopic (exact) mass is 230 g/mol. The van der Waals surface area contributed by atoms with Gasteiger partial charge in [0.2, 0.25) is 0 Å². The second-order valence-corrected chi connectivity index (χ2v) is 4.45. The van der Waals surface area contributed by atoms with Crippen molar-refractivity contribution in [1.82, 2.24) is 9.88 Å². The normalized spacial score (nSPS) is 17.4. The Bertz CT molecular complexity index is 636. The third kappa shape index (κ3) is 1.80. The molecule has 0 bridgehead atoms. The number of rotatable bonds is 1. The van der Waals surface area contributed by atoms with E-state index in [4.69, 9.17) is 4.42 Å². The van der Waals surface area contributed by atoms with E-state index < -0.39 is 5.76 Å². The molecule has 88 valence electrons. The van der Waals surface area contributed by atoms with Crippen LogP contribution in [0.15, 0.2) is 33.5 Å². The number of aromatic amines is 1. The molecule has 4 heteroatoms. The highest BCUT2D eigenvalue weighted by Crippen LogP contribution is 2.26. The molecule has 2 heterocycles. The molecular formula is C13H14N2O2. The molecule has 1 aliphatic heterocycles. The first-order valence-corrected chi connectivity index (χ1v) is 5.74. The molecule has 0 unspecified atom stereocenters. The Morgan fingerprint density at radius 3 is 3.12 bits per heavy atom. The molecule has 17 heavy (non-hydrogen) atoms. The predicted molar refractivity (Wildman–Crippen MR) is 66.9 cm³/mol. The first kappa shape index (κ1) is 10.4. The molecule has 0 spiro atoms. The molecule has 0 aliphatic carbocycles. The van der Waals surface area contributed by atoms with Crippen LogP contribution in [-0.4, -0.2) is 30.0 Å². The maximum atomic E-state index is 11.2. The van der Waals surface area contributed by atoms with Crippen LogP contribution < -0.4 is 5.76 Å². The van der Waals surface area contributed by atoms with E-state index in [1.807, 2.05) is 18.2 Å². The summed E-state index contributed by atoms with van der Waals surface area (Å²) < 4.78 is 5.22. The van der Waals surface area contributed by atoms with Crippen molar-refractivity contribution in [3.63, 3.8) is 0 Å². The van der Waals surface area contributed by atoms with Crippen molar-refractivity contribution in [2.75, 3.05) is 20.1 Å². The molecule has 0 saturated heterocycles. The Labute approximate surface area is 98.5 Å². The van der Waals surface area contributed by atoms with E-state index in [2.05, 4.69) is 23.0 Å². The molecule has 0 radical (unpaired) electrons. The van der Waals surface area contributed by atoms with Crippen LogP contribution in [0.1, 0.15) is 12.0 Å². The van der Waals surface area contributed by atoms with E-state index in [-0.39, 0.29) is 0 Å². The van der Waals surface area contributed by atoms with E-state index in [0.717, 1.165) is 30.6 Å². The molecule has 0 fully saturated rings. The van der Waals surface area contributed by atoms with Crippen LogP contribution in [0.4, 0.5) is 0 Å². The molecule has 1 N–H and O–H groups in total. The third-order valence-corrected chi connectivity index (χ3v) is 3.13. The zero-order valence-corrected chi connectivity index (χ0v) is 9.69. The summed E-state index contributed by atoms with van der Waals surface area (Å²) in [6, 6.07) is 5.81. The smallest absolute Gasteiger partial charge is 0.407 e. The van der Waals surface area contributed by atoms with Crippen molar-refractivity contribution >= 4 is 16.7 Å². The summed E-state index contributed by atoms with van der Waals surface area (Å²) in [5.74, 6) is -0.391. The first-order valence-electron chi connectivity index (χ1n) is 5.74. The van der Waals surface area contributed by atoms with Gasteiger partial charge in [0.1, 0.15) is 0 Å². The van der Waals surface area contributed by atoms with Gasteiger partial charge in [0.25, 0.3) is 0 Å². The molecular weight excluding hydrogens is 216 g/mol. The number of H-pyrrole nitrogens is 1. The van der Waals surface area contributed by atoms with Crippen LogP contribution in [0.5, 0.6) is 0 Å². The summed E-state index contributed by atoms with van der Waals surface area (Å²) in [6.45, 7) is 1.98. The second-order valence-electron chi connectivity index (χ2n) is 4.45. The lowest BCUT2D eigenvalue weighted by atomic mass is 10.0. The van der Waals surface area contributed by atoms with Gasteiger partial charge in [0, 0.05) is 18.7 Å². The molecule has 0 amide bonds. The van der Waals surface area contributed by atoms with Gasteiger partial charge in [-0.15, -0.1) is 0 Å². The van der Waals surface area contributed by atoms with Gasteiger partial charge < -0.3 is 9.32 Å². The Kier molecular flexibility index (Phi) is 2.37. The summed E-state index contributed by atoms with van der Waals surface area (Å²) >= 11 is 0. The van der Waals surface area contributed by atoms with E-state index in [0.29, 0.717) is 5.58 Å². The molecule has 1 aliphatic rings. The summed E-state index contributed by atoms with van der Waals surface area (Å²) in [7, 11) is 2.10. The van der Waals surface area contributed by atoms with Gasteiger partial charge in [-0.2, -0.15) is 0 Å². The zero-order valence-electron chi connectivity index (χ0n) is 9.69. The fraction of sp³-hybridized carbons (Fsp3) is 0.308. The van der Waals surface area contributed by atoms with Crippen molar-refractivity contribution < 1.29 is 4.42 Å². The lowest BCUT2D eigenvalue weighted by Gasteiger charge is -2.22. The quantitative estimate of drug-likeness (QED) is 0.813. The van der Waals surface area contributed by atoms with E-state index >= 15 is 0 Å². The largest absolute Gasteiger partial charge is 0.417 e. The standard InChI is InChI=1S/C13H14N2O2/c1-15-7-3-4-9(8-15)10-5-2-6-11-12(10)17-13(16)14-11/h2,4-6H,3,7-8H2,1H3,(H,14,16). The van der Waals surface area contributed by atoms with E-state index in [1.54, 1.807) is 0 Å². The molecule has 1 aromatic heterocycles. The number of nitrogens with zero attached hydrogens (tertiary/aromatic N) is 1. The van der Waals surface area contributed by atoms with Gasteiger partial charge in [-0.3, -0.25) is 4.98 Å². The minimum absolute atomic E-state index is 0.391. The highest BCUT2D eigenvalue weighted by atomic mass is 16.4. The van der Waals surface area contributed by atoms with Crippen molar-refractivity contribution in [3.05, 3.63) is 40.4 Å². The second kappa shape index (κ2) is 3.89. The van der Waals surface area contributed by atoms with Gasteiger partial charge in [-0.05, 0) is 25.1 Å². The predicted octanol–water partition coefficient (Wildman–Crippen LogP) is 1.84. The highest BCUT2D eigenvalue weighted by Gasteiger charge is 2.15. The van der Waals surface area contributed by atoms with Crippen molar-refractivity contribution in [1.29, 1.82) is 0 Å². The molecule has 3 rings (SSSR count). The van der Waals surface area contributed by atoms with Gasteiger partial charge in [-0.1, -0.05) is 18.2 Å². The first-order chi connectivity index (χ1) is 8.24. The lowest BCUT2D eigenvalue weighted by Crippen LogP contribution is -2.24. The maximum absolute atomic E-state index is 11.2. The van der Waals surface area contributed by atoms with Crippen molar-refractivity contribution in [3.8, 4) is 0 Å². The molecule has 0 saturated carbocycles. The van der Waals surface area contributed by atoms with Crippen LogP contribution in [0.3, 0.4) is 0 Å². The summed E-state index contributed by atoms with van der Waals surface area (Å²) in [6.07, 6.45) is 3.26. The number of oxazole rings is 1. The van der Waals surface area contributed by atoms with Crippen LogP contribution in [-0.2, 0) is 0 Å². The van der Waals surface area contributed by atoms with Gasteiger partial charge in [0.05, 0.1) is 5.52 Å². The molecule has 2 aromatic rings. The van der Waals surface area contributed by atoms with Crippen LogP contribution in [0.2, 0.25) is 0 Å². The summed E-state index contributed by atoms with van der Waals surface area (Å²) in [5.41, 5.74) is 3.68. The number of fused-ring (bicyclic) bond motifs is 1. The average molecular weight is 230 g/mol. The number of hydrogen-bond acceptors (Lipinski definition) is 3. The van der Waals surface area contributed by atoms with E-state index in [9.17, 15) is 4.79 Å². The Hall–Kier alpha value is -1.81. The average Bonchev–Trinajstić information content (AvgIpc) is 2.68. The fourth-order valence-electron chi connectivity index (χ4n) is 2.32. The number of benzene rings is 1. The minimum atomic E-state index is -0.391. The molecule has 1 aromatic carbocycles. The maximum Gasteiger partial charge on any atom is 0.417 e. The fourth-order valence-corrected chi connectivity index (χ4v) is 2.32. The van der Waals surface area contributed by atoms with Crippen molar-refractivity contribution in [2.45, 2.75) is 6.42 Å². The number of likely N-dealkylation sites (N-methyl/N-ethyl adjacent to an activating group) is 1. The Morgan fingerprint density at radius 2 is 2.29 bits per heavy atom. The van der Waals surface area contributed by atoms with Crippen molar-refractivity contribution in [2.24, 2.45) is 0 Å². The minimum Gasteiger partial charge on any atom is -0.407 e. The molecule has 0 atom stereocenters. The van der Waals surface area contributed by atoms with Crippen LogP contribution in [0, 0.1) is 0 Å². The number of hydrogen-bond donors (Lipinski definition) is 1. The Balaban J connectivity index is 2.17. The van der Waals surface area contributed by atoms with Gasteiger partial charge >= 0.3 is 5.76 Å². The SMILES string of the molecule is CN1CCC=C(c2cccc3[nH]c(=O)oc23)C1. The zero-order chi connectivity index (χ0) is 11.8. The van der Waals surface area contributed by atoms with Gasteiger partial charge in [-0.25, -0.2) is 4.79 Å². The highest BCUT2D eigenvalue weighted by molar-refractivity contribution is 5.87. The number of para-hydroxylation sites is 1. The van der Waals surface area contributed by atoms with Gasteiger partial charge in [0.15, 0.2) is 5.58 Å². The topological polar surface area (TPSA) is 49.2 Å².